The second kappa shape index (κ2) is 9.00. The topological polar surface area (TPSA) is 37.4 Å². The van der Waals surface area contributed by atoms with E-state index in [9.17, 15) is 0 Å². The van der Waals surface area contributed by atoms with Gasteiger partial charge in [-0.3, -0.25) is 4.90 Å². The second-order valence-electron chi connectivity index (χ2n) is 6.28. The van der Waals surface area contributed by atoms with Crippen LogP contribution in [0.2, 0.25) is 0 Å². The van der Waals surface area contributed by atoms with Gasteiger partial charge in [-0.05, 0) is 33.8 Å². The van der Waals surface area contributed by atoms with Crippen molar-refractivity contribution in [1.82, 2.24) is 15.2 Å². The van der Waals surface area contributed by atoms with Crippen molar-refractivity contribution in [3.05, 3.63) is 23.9 Å². The van der Waals surface area contributed by atoms with E-state index < -0.39 is 0 Å². The lowest BCUT2D eigenvalue weighted by Gasteiger charge is -2.30. The summed E-state index contributed by atoms with van der Waals surface area (Å²) in [4.78, 5) is 6.79. The van der Waals surface area contributed by atoms with Gasteiger partial charge in [0.05, 0.1) is 0 Å². The molecule has 1 aromatic heterocycles. The van der Waals surface area contributed by atoms with E-state index >= 15 is 0 Å². The number of rotatable bonds is 9. The van der Waals surface area contributed by atoms with Crippen LogP contribution in [0, 0.1) is 0 Å². The number of pyridine rings is 1. The van der Waals surface area contributed by atoms with Crippen LogP contribution in [0.4, 0.5) is 0 Å². The third kappa shape index (κ3) is 6.44. The molecule has 21 heavy (non-hydrogen) atoms. The summed E-state index contributed by atoms with van der Waals surface area (Å²) in [6.45, 7) is 15.5. The molecule has 0 saturated heterocycles. The highest BCUT2D eigenvalue weighted by molar-refractivity contribution is 5.25. The monoisotopic (exact) mass is 293 g/mol. The molecular weight excluding hydrogens is 262 g/mol. The van der Waals surface area contributed by atoms with Crippen molar-refractivity contribution in [2.45, 2.75) is 66.2 Å². The molecule has 0 amide bonds. The quantitative estimate of drug-likeness (QED) is 0.759. The Hall–Kier alpha value is -1.13. The maximum absolute atomic E-state index is 5.91. The fourth-order valence-corrected chi connectivity index (χ4v) is 2.36. The van der Waals surface area contributed by atoms with Crippen LogP contribution in [0.3, 0.4) is 0 Å². The molecule has 0 atom stereocenters. The van der Waals surface area contributed by atoms with Crippen molar-refractivity contribution in [1.29, 1.82) is 0 Å². The summed E-state index contributed by atoms with van der Waals surface area (Å²) >= 11 is 0. The largest absolute Gasteiger partial charge is 0.476 e. The van der Waals surface area contributed by atoms with Gasteiger partial charge in [-0.25, -0.2) is 4.98 Å². The van der Waals surface area contributed by atoms with Gasteiger partial charge in [0.15, 0.2) is 0 Å². The maximum Gasteiger partial charge on any atom is 0.217 e. The Kier molecular flexibility index (Phi) is 7.68. The van der Waals surface area contributed by atoms with E-state index in [4.69, 9.17) is 4.74 Å². The van der Waals surface area contributed by atoms with Crippen LogP contribution in [0.15, 0.2) is 18.3 Å². The van der Waals surface area contributed by atoms with Crippen LogP contribution in [0.1, 0.15) is 47.1 Å². The predicted molar refractivity (Wildman–Crippen MR) is 88.7 cm³/mol. The minimum absolute atomic E-state index is 0.454. The van der Waals surface area contributed by atoms with Crippen LogP contribution in [0.25, 0.3) is 0 Å². The van der Waals surface area contributed by atoms with Gasteiger partial charge < -0.3 is 10.1 Å². The third-order valence-electron chi connectivity index (χ3n) is 3.47. The van der Waals surface area contributed by atoms with E-state index in [0.29, 0.717) is 24.7 Å². The van der Waals surface area contributed by atoms with Crippen LogP contribution in [0.5, 0.6) is 5.88 Å². The fourth-order valence-electron chi connectivity index (χ4n) is 2.36. The highest BCUT2D eigenvalue weighted by atomic mass is 16.5. The van der Waals surface area contributed by atoms with Crippen molar-refractivity contribution in [3.8, 4) is 5.88 Å². The van der Waals surface area contributed by atoms with Crippen LogP contribution >= 0.6 is 0 Å². The Bertz CT molecular complexity index is 397. The number of aromatic nitrogens is 1. The van der Waals surface area contributed by atoms with Crippen molar-refractivity contribution in [3.63, 3.8) is 0 Å². The summed E-state index contributed by atoms with van der Waals surface area (Å²) in [5.41, 5.74) is 1.12. The molecule has 120 valence electrons. The number of ether oxygens (including phenoxy) is 1. The van der Waals surface area contributed by atoms with E-state index in [2.05, 4.69) is 62.8 Å². The Morgan fingerprint density at radius 3 is 2.38 bits per heavy atom. The molecule has 1 rings (SSSR count). The van der Waals surface area contributed by atoms with Gasteiger partial charge in [0.25, 0.3) is 0 Å². The second-order valence-corrected chi connectivity index (χ2v) is 6.28. The molecule has 0 unspecified atom stereocenters. The SMILES string of the molecule is CC(C)NCc1cccnc1OCCN(C(C)C)C(C)C. The van der Waals surface area contributed by atoms with Gasteiger partial charge >= 0.3 is 0 Å². The van der Waals surface area contributed by atoms with Crippen LogP contribution < -0.4 is 10.1 Å². The lowest BCUT2D eigenvalue weighted by Crippen LogP contribution is -2.39. The van der Waals surface area contributed by atoms with Crippen LogP contribution in [-0.4, -0.2) is 41.2 Å². The lowest BCUT2D eigenvalue weighted by molar-refractivity contribution is 0.139. The average molecular weight is 293 g/mol. The standard InChI is InChI=1S/C17H31N3O/c1-13(2)19-12-16-8-7-9-18-17(16)21-11-10-20(14(3)4)15(5)6/h7-9,13-15,19H,10-12H2,1-6H3. The van der Waals surface area contributed by atoms with Crippen molar-refractivity contribution >= 4 is 0 Å². The molecule has 0 radical (unpaired) electrons. The molecule has 0 saturated carbocycles. The first kappa shape index (κ1) is 17.9. The summed E-state index contributed by atoms with van der Waals surface area (Å²) in [5.74, 6) is 0.748. The van der Waals surface area contributed by atoms with Gasteiger partial charge in [0.2, 0.25) is 5.88 Å². The minimum atomic E-state index is 0.454. The molecule has 1 heterocycles. The van der Waals surface area contributed by atoms with Crippen molar-refractivity contribution in [2.75, 3.05) is 13.2 Å². The smallest absolute Gasteiger partial charge is 0.217 e. The van der Waals surface area contributed by atoms with Crippen molar-refractivity contribution < 1.29 is 4.74 Å². The van der Waals surface area contributed by atoms with Crippen molar-refractivity contribution in [2.24, 2.45) is 0 Å². The highest BCUT2D eigenvalue weighted by Crippen LogP contribution is 2.14. The molecule has 0 aromatic carbocycles. The zero-order valence-electron chi connectivity index (χ0n) is 14.4. The van der Waals surface area contributed by atoms with Gasteiger partial charge in [-0.15, -0.1) is 0 Å². The highest BCUT2D eigenvalue weighted by Gasteiger charge is 2.13. The van der Waals surface area contributed by atoms with Gasteiger partial charge in [-0.1, -0.05) is 19.9 Å². The molecule has 0 spiro atoms. The minimum Gasteiger partial charge on any atom is -0.476 e. The molecule has 4 nitrogen and oxygen atoms in total. The zero-order chi connectivity index (χ0) is 15.8. The first-order chi connectivity index (χ1) is 9.91. The number of nitrogens with one attached hydrogen (secondary N) is 1. The lowest BCUT2D eigenvalue weighted by atomic mass is 10.2. The molecule has 1 N–H and O–H groups in total. The van der Waals surface area contributed by atoms with Gasteiger partial charge in [-0.2, -0.15) is 0 Å². The van der Waals surface area contributed by atoms with E-state index in [0.717, 1.165) is 24.5 Å². The Morgan fingerprint density at radius 1 is 1.14 bits per heavy atom. The molecule has 0 aliphatic rings. The van der Waals surface area contributed by atoms with E-state index in [1.807, 2.05) is 6.07 Å². The molecule has 0 aliphatic carbocycles. The molecule has 1 aromatic rings. The summed E-state index contributed by atoms with van der Waals surface area (Å²) in [6.07, 6.45) is 1.79. The third-order valence-corrected chi connectivity index (χ3v) is 3.47. The van der Waals surface area contributed by atoms with Crippen LogP contribution in [-0.2, 0) is 6.54 Å². The number of hydrogen-bond acceptors (Lipinski definition) is 4. The first-order valence-electron chi connectivity index (χ1n) is 7.97. The first-order valence-corrected chi connectivity index (χ1v) is 7.97. The number of nitrogens with zero attached hydrogens (tertiary/aromatic N) is 2. The fraction of sp³-hybridized carbons (Fsp3) is 0.706. The normalized spacial score (nSPS) is 11.9. The maximum atomic E-state index is 5.91. The Labute approximate surface area is 129 Å². The molecule has 0 fully saturated rings. The van der Waals surface area contributed by atoms with Gasteiger partial charge in [0.1, 0.15) is 6.61 Å². The van der Waals surface area contributed by atoms with E-state index in [1.165, 1.54) is 0 Å². The summed E-state index contributed by atoms with van der Waals surface area (Å²) in [6, 6.07) is 5.54. The summed E-state index contributed by atoms with van der Waals surface area (Å²) < 4.78 is 5.91. The van der Waals surface area contributed by atoms with E-state index in [-0.39, 0.29) is 0 Å². The summed E-state index contributed by atoms with van der Waals surface area (Å²) in [5, 5.41) is 3.41. The molecular formula is C17H31N3O. The van der Waals surface area contributed by atoms with E-state index in [1.54, 1.807) is 6.20 Å². The molecule has 0 aliphatic heterocycles. The molecule has 4 heteroatoms. The number of hydrogen-bond donors (Lipinski definition) is 1. The predicted octanol–water partition coefficient (Wildman–Crippen LogP) is 3.08. The zero-order valence-corrected chi connectivity index (χ0v) is 14.4. The Morgan fingerprint density at radius 2 is 1.81 bits per heavy atom. The summed E-state index contributed by atoms with van der Waals surface area (Å²) in [7, 11) is 0. The Balaban J connectivity index is 2.54. The molecule has 0 bridgehead atoms. The van der Waals surface area contributed by atoms with Gasteiger partial charge in [0, 0.05) is 43.0 Å². The average Bonchev–Trinajstić information content (AvgIpc) is 2.41.